The van der Waals surface area contributed by atoms with E-state index in [2.05, 4.69) is 21.6 Å². The molecule has 0 amide bonds. The first-order chi connectivity index (χ1) is 16.4. The fraction of sp³-hybridized carbons (Fsp3) is 0.292. The van der Waals surface area contributed by atoms with Crippen molar-refractivity contribution in [2.75, 3.05) is 18.9 Å². The summed E-state index contributed by atoms with van der Waals surface area (Å²) in [5, 5.41) is 0.781. The number of rotatable bonds is 6. The number of nitrogens with zero attached hydrogens (tertiary/aromatic N) is 3. The molecule has 0 bridgehead atoms. The SMILES string of the molecule is COc1ccc(S(=O)(=O)Nc2nc(-c3cccnc3)nc3sc4c(c23)CC[C@H](C)C4)cc1OC. The smallest absolute Gasteiger partial charge is 0.263 e. The Bertz CT molecular complexity index is 1470. The van der Waals surface area contributed by atoms with Gasteiger partial charge in [0.2, 0.25) is 0 Å². The first-order valence-electron chi connectivity index (χ1n) is 10.9. The van der Waals surface area contributed by atoms with E-state index in [-0.39, 0.29) is 10.7 Å². The standard InChI is InChI=1S/C24H24N4O4S2/c1-14-6-8-17-20(11-14)33-24-21(17)23(26-22(27-24)15-5-4-10-25-13-15)28-34(29,30)16-7-9-18(31-2)19(12-16)32-3/h4-5,7,9-10,12-14H,6,8,11H2,1-3H3,(H,26,27,28)/t14-/m0/s1. The van der Waals surface area contributed by atoms with E-state index in [0.717, 1.165) is 40.6 Å². The van der Waals surface area contributed by atoms with Crippen molar-refractivity contribution in [3.63, 3.8) is 0 Å². The number of sulfonamides is 1. The number of anilines is 1. The van der Waals surface area contributed by atoms with Crippen molar-refractivity contribution in [2.45, 2.75) is 31.1 Å². The average Bonchev–Trinajstić information content (AvgIpc) is 3.21. The first kappa shape index (κ1) is 22.5. The van der Waals surface area contributed by atoms with Crippen molar-refractivity contribution in [1.82, 2.24) is 15.0 Å². The number of hydrogen-bond acceptors (Lipinski definition) is 8. The zero-order valence-electron chi connectivity index (χ0n) is 19.0. The third-order valence-corrected chi connectivity index (χ3v) is 8.46. The molecule has 0 spiro atoms. The van der Waals surface area contributed by atoms with Gasteiger partial charge in [0, 0.05) is 28.9 Å². The number of nitrogens with one attached hydrogen (secondary N) is 1. The van der Waals surface area contributed by atoms with E-state index < -0.39 is 10.0 Å². The fourth-order valence-electron chi connectivity index (χ4n) is 4.21. The summed E-state index contributed by atoms with van der Waals surface area (Å²) < 4.78 is 40.1. The summed E-state index contributed by atoms with van der Waals surface area (Å²) in [6.07, 6.45) is 6.22. The maximum absolute atomic E-state index is 13.4. The second-order valence-corrected chi connectivity index (χ2v) is 11.1. The van der Waals surface area contributed by atoms with E-state index in [1.807, 2.05) is 6.07 Å². The van der Waals surface area contributed by atoms with Gasteiger partial charge in [0.1, 0.15) is 4.83 Å². The van der Waals surface area contributed by atoms with Crippen LogP contribution in [0.5, 0.6) is 11.5 Å². The van der Waals surface area contributed by atoms with E-state index in [1.54, 1.807) is 35.9 Å². The molecule has 176 valence electrons. The third kappa shape index (κ3) is 4.07. The number of pyridine rings is 1. The van der Waals surface area contributed by atoms with Crippen LogP contribution in [-0.2, 0) is 22.9 Å². The highest BCUT2D eigenvalue weighted by atomic mass is 32.2. The quantitative estimate of drug-likeness (QED) is 0.413. The van der Waals surface area contributed by atoms with Crippen LogP contribution in [0.2, 0.25) is 0 Å². The van der Waals surface area contributed by atoms with Gasteiger partial charge in [-0.3, -0.25) is 9.71 Å². The van der Waals surface area contributed by atoms with Crippen LogP contribution in [0.3, 0.4) is 0 Å². The second-order valence-electron chi connectivity index (χ2n) is 8.29. The molecule has 1 atom stereocenters. The number of fused-ring (bicyclic) bond motifs is 3. The topological polar surface area (TPSA) is 103 Å². The Morgan fingerprint density at radius 1 is 1.12 bits per heavy atom. The highest BCUT2D eigenvalue weighted by molar-refractivity contribution is 7.92. The van der Waals surface area contributed by atoms with Crippen LogP contribution in [0, 0.1) is 5.92 Å². The second kappa shape index (κ2) is 8.84. The molecule has 1 aromatic carbocycles. The van der Waals surface area contributed by atoms with E-state index in [0.29, 0.717) is 23.2 Å². The minimum absolute atomic E-state index is 0.0533. The molecule has 0 aliphatic heterocycles. The van der Waals surface area contributed by atoms with Gasteiger partial charge < -0.3 is 9.47 Å². The molecule has 0 saturated heterocycles. The molecule has 4 aromatic rings. The van der Waals surface area contributed by atoms with E-state index in [1.165, 1.54) is 31.2 Å². The van der Waals surface area contributed by atoms with Gasteiger partial charge in [0.15, 0.2) is 23.1 Å². The van der Waals surface area contributed by atoms with Crippen LogP contribution in [-0.4, -0.2) is 37.6 Å². The Morgan fingerprint density at radius 3 is 2.68 bits per heavy atom. The lowest BCUT2D eigenvalue weighted by Gasteiger charge is -2.18. The zero-order chi connectivity index (χ0) is 23.9. The molecule has 0 fully saturated rings. The predicted molar refractivity (Wildman–Crippen MR) is 132 cm³/mol. The largest absolute Gasteiger partial charge is 0.493 e. The number of aryl methyl sites for hydroxylation is 1. The zero-order valence-corrected chi connectivity index (χ0v) is 20.7. The minimum Gasteiger partial charge on any atom is -0.493 e. The van der Waals surface area contributed by atoms with Gasteiger partial charge in [-0.1, -0.05) is 6.92 Å². The fourth-order valence-corrected chi connectivity index (χ4v) is 6.62. The molecule has 3 aromatic heterocycles. The van der Waals surface area contributed by atoms with E-state index in [9.17, 15) is 8.42 Å². The molecule has 1 aliphatic carbocycles. The Morgan fingerprint density at radius 2 is 1.94 bits per heavy atom. The van der Waals surface area contributed by atoms with E-state index >= 15 is 0 Å². The monoisotopic (exact) mass is 496 g/mol. The van der Waals surface area contributed by atoms with Crippen LogP contribution in [0.15, 0.2) is 47.6 Å². The molecule has 0 unspecified atom stereocenters. The maximum atomic E-state index is 13.4. The highest BCUT2D eigenvalue weighted by Crippen LogP contribution is 2.41. The average molecular weight is 497 g/mol. The number of benzene rings is 1. The summed E-state index contributed by atoms with van der Waals surface area (Å²) in [4.78, 5) is 15.7. The Balaban J connectivity index is 1.66. The summed E-state index contributed by atoms with van der Waals surface area (Å²) in [6.45, 7) is 2.24. The van der Waals surface area contributed by atoms with Gasteiger partial charge >= 0.3 is 0 Å². The summed E-state index contributed by atoms with van der Waals surface area (Å²) in [5.41, 5.74) is 1.86. The van der Waals surface area contributed by atoms with Crippen molar-refractivity contribution in [1.29, 1.82) is 0 Å². The van der Waals surface area contributed by atoms with Gasteiger partial charge in [-0.25, -0.2) is 18.4 Å². The Labute approximate surface area is 202 Å². The summed E-state index contributed by atoms with van der Waals surface area (Å²) >= 11 is 1.62. The molecule has 8 nitrogen and oxygen atoms in total. The number of methoxy groups -OCH3 is 2. The molecule has 0 saturated carbocycles. The number of thiophene rings is 1. The normalized spacial score (nSPS) is 15.7. The number of aromatic nitrogens is 3. The summed E-state index contributed by atoms with van der Waals surface area (Å²) in [5.74, 6) is 2.07. The van der Waals surface area contributed by atoms with Crippen LogP contribution in [0.1, 0.15) is 23.8 Å². The van der Waals surface area contributed by atoms with Crippen LogP contribution in [0.25, 0.3) is 21.6 Å². The summed E-state index contributed by atoms with van der Waals surface area (Å²) in [6, 6.07) is 8.15. The van der Waals surface area contributed by atoms with Gasteiger partial charge in [-0.15, -0.1) is 11.3 Å². The van der Waals surface area contributed by atoms with Crippen LogP contribution < -0.4 is 14.2 Å². The van der Waals surface area contributed by atoms with Crippen molar-refractivity contribution in [3.8, 4) is 22.9 Å². The lowest BCUT2D eigenvalue weighted by molar-refractivity contribution is 0.354. The van der Waals surface area contributed by atoms with E-state index in [4.69, 9.17) is 14.5 Å². The van der Waals surface area contributed by atoms with Crippen molar-refractivity contribution >= 4 is 37.4 Å². The molecule has 0 radical (unpaired) electrons. The molecular formula is C24H24N4O4S2. The molecule has 10 heteroatoms. The first-order valence-corrected chi connectivity index (χ1v) is 13.2. The number of ether oxygens (including phenoxy) is 2. The van der Waals surface area contributed by atoms with Crippen LogP contribution in [0.4, 0.5) is 5.82 Å². The Kier molecular flexibility index (Phi) is 5.86. The number of hydrogen-bond donors (Lipinski definition) is 1. The molecule has 1 aliphatic rings. The lowest BCUT2D eigenvalue weighted by Crippen LogP contribution is -2.16. The molecule has 5 rings (SSSR count). The van der Waals surface area contributed by atoms with Gasteiger partial charge in [-0.05, 0) is 55.0 Å². The van der Waals surface area contributed by atoms with Gasteiger partial charge in [0.05, 0.1) is 24.5 Å². The minimum atomic E-state index is -3.96. The third-order valence-electron chi connectivity index (χ3n) is 5.97. The Hall–Kier alpha value is -3.24. The maximum Gasteiger partial charge on any atom is 0.263 e. The molecule has 3 heterocycles. The highest BCUT2D eigenvalue weighted by Gasteiger charge is 2.27. The van der Waals surface area contributed by atoms with Crippen molar-refractivity contribution in [2.24, 2.45) is 5.92 Å². The molecule has 34 heavy (non-hydrogen) atoms. The molecule has 1 N–H and O–H groups in total. The van der Waals surface area contributed by atoms with Gasteiger partial charge in [-0.2, -0.15) is 0 Å². The van der Waals surface area contributed by atoms with Crippen LogP contribution >= 0.6 is 11.3 Å². The molecular weight excluding hydrogens is 472 g/mol. The lowest BCUT2D eigenvalue weighted by atomic mass is 9.89. The van der Waals surface area contributed by atoms with Gasteiger partial charge in [0.25, 0.3) is 10.0 Å². The van der Waals surface area contributed by atoms with Crippen molar-refractivity contribution < 1.29 is 17.9 Å². The van der Waals surface area contributed by atoms with Crippen molar-refractivity contribution in [3.05, 3.63) is 53.2 Å². The predicted octanol–water partition coefficient (Wildman–Crippen LogP) is 4.70. The summed E-state index contributed by atoms with van der Waals surface area (Å²) in [7, 11) is -0.994.